The van der Waals surface area contributed by atoms with Crippen LogP contribution in [0.5, 0.6) is 0 Å². The summed E-state index contributed by atoms with van der Waals surface area (Å²) in [6.07, 6.45) is 3.52. The molecular formula is C18H19FN4O3. The summed E-state index contributed by atoms with van der Waals surface area (Å²) in [6.45, 7) is -0.0734. The van der Waals surface area contributed by atoms with Crippen molar-refractivity contribution in [3.8, 4) is 0 Å². The van der Waals surface area contributed by atoms with Crippen molar-refractivity contribution in [1.29, 1.82) is 0 Å². The van der Waals surface area contributed by atoms with Gasteiger partial charge in [0.15, 0.2) is 11.2 Å². The Bertz CT molecular complexity index is 942. The number of fused-ring (bicyclic) bond motifs is 1. The number of nitrogens with one attached hydrogen (secondary N) is 1. The van der Waals surface area contributed by atoms with Crippen LogP contribution in [0.4, 0.5) is 4.39 Å². The van der Waals surface area contributed by atoms with Crippen LogP contribution in [0.25, 0.3) is 11.2 Å². The van der Waals surface area contributed by atoms with Gasteiger partial charge >= 0.3 is 0 Å². The Kier molecular flexibility index (Phi) is 4.52. The van der Waals surface area contributed by atoms with Gasteiger partial charge in [-0.3, -0.25) is 9.36 Å². The first-order chi connectivity index (χ1) is 12.7. The van der Waals surface area contributed by atoms with Crippen LogP contribution in [0.2, 0.25) is 0 Å². The summed E-state index contributed by atoms with van der Waals surface area (Å²) in [6, 6.07) is 9.73. The number of benzene rings is 1. The van der Waals surface area contributed by atoms with E-state index in [4.69, 9.17) is 9.47 Å². The number of ether oxygens (including phenoxy) is 2. The monoisotopic (exact) mass is 358 g/mol. The third kappa shape index (κ3) is 3.13. The molecule has 0 saturated carbocycles. The summed E-state index contributed by atoms with van der Waals surface area (Å²) < 4.78 is 27.2. The fourth-order valence-corrected chi connectivity index (χ4v) is 3.23. The highest BCUT2D eigenvalue weighted by Crippen LogP contribution is 2.38. The Morgan fingerprint density at radius 3 is 3.00 bits per heavy atom. The molecule has 1 saturated heterocycles. The van der Waals surface area contributed by atoms with E-state index >= 15 is 0 Å². The van der Waals surface area contributed by atoms with Gasteiger partial charge in [-0.2, -0.15) is 0 Å². The summed E-state index contributed by atoms with van der Waals surface area (Å²) in [4.78, 5) is 22.5. The largest absolute Gasteiger partial charge is 0.374 e. The number of hydrogen-bond acceptors (Lipinski definition) is 5. The van der Waals surface area contributed by atoms with Gasteiger partial charge in [-0.05, 0) is 18.4 Å². The van der Waals surface area contributed by atoms with Crippen LogP contribution in [-0.2, 0) is 16.1 Å². The van der Waals surface area contributed by atoms with Gasteiger partial charge in [0.1, 0.15) is 18.5 Å². The molecule has 26 heavy (non-hydrogen) atoms. The van der Waals surface area contributed by atoms with Crippen molar-refractivity contribution in [2.45, 2.75) is 31.3 Å². The molecule has 1 N–H and O–H groups in total. The number of aromatic amines is 1. The summed E-state index contributed by atoms with van der Waals surface area (Å²) in [5.41, 5.74) is 0.402. The normalized spacial score (nSPS) is 22.9. The maximum atomic E-state index is 13.8. The molecule has 1 aliphatic rings. The van der Waals surface area contributed by atoms with Crippen LogP contribution >= 0.6 is 0 Å². The standard InChI is InChI=1S/C18H19FN4O3/c19-9-18(10-25-8-13-4-2-1-3-5-13)7-6-14(26-18)23-12-22-15-16(23)20-11-21-17(15)24/h1-5,11-12,14H,6-10H2,(H,20,21,24)/t14?,18-/m1/s1. The van der Waals surface area contributed by atoms with E-state index < -0.39 is 18.5 Å². The van der Waals surface area contributed by atoms with Gasteiger partial charge in [-0.1, -0.05) is 30.3 Å². The zero-order chi connectivity index (χ0) is 18.0. The van der Waals surface area contributed by atoms with Crippen LogP contribution in [0.1, 0.15) is 24.6 Å². The Morgan fingerprint density at radius 2 is 2.19 bits per heavy atom. The molecule has 3 aromatic rings. The van der Waals surface area contributed by atoms with E-state index in [1.807, 2.05) is 30.3 Å². The summed E-state index contributed by atoms with van der Waals surface area (Å²) >= 11 is 0. The van der Waals surface area contributed by atoms with E-state index in [9.17, 15) is 9.18 Å². The van der Waals surface area contributed by atoms with E-state index in [1.54, 1.807) is 4.57 Å². The van der Waals surface area contributed by atoms with Crippen LogP contribution in [0, 0.1) is 0 Å². The van der Waals surface area contributed by atoms with Crippen molar-refractivity contribution in [1.82, 2.24) is 19.5 Å². The molecule has 0 bridgehead atoms. The molecule has 0 amide bonds. The van der Waals surface area contributed by atoms with Gasteiger partial charge in [0.25, 0.3) is 5.56 Å². The number of rotatable bonds is 6. The van der Waals surface area contributed by atoms with Gasteiger partial charge in [-0.15, -0.1) is 0 Å². The summed E-state index contributed by atoms with van der Waals surface area (Å²) in [5.74, 6) is 0. The molecule has 1 aliphatic heterocycles. The second-order valence-electron chi connectivity index (χ2n) is 6.46. The first-order valence-corrected chi connectivity index (χ1v) is 8.46. The second-order valence-corrected chi connectivity index (χ2v) is 6.46. The number of imidazole rings is 1. The molecule has 0 spiro atoms. The molecule has 8 heteroatoms. The van der Waals surface area contributed by atoms with Crippen LogP contribution in [-0.4, -0.2) is 38.4 Å². The Hall–Kier alpha value is -2.58. The lowest BCUT2D eigenvalue weighted by molar-refractivity contribution is -0.123. The van der Waals surface area contributed by atoms with Gasteiger partial charge in [0.2, 0.25) is 0 Å². The third-order valence-corrected chi connectivity index (χ3v) is 4.63. The average molecular weight is 358 g/mol. The highest BCUT2D eigenvalue weighted by molar-refractivity contribution is 5.68. The number of hydrogen-bond donors (Lipinski definition) is 1. The van der Waals surface area contributed by atoms with Crippen molar-refractivity contribution in [2.24, 2.45) is 0 Å². The SMILES string of the molecule is O=c1[nH]cnc2c1ncn2C1CC[C@@](CF)(COCc2ccccc2)O1. The lowest BCUT2D eigenvalue weighted by atomic mass is 10.0. The first kappa shape index (κ1) is 16.9. The summed E-state index contributed by atoms with van der Waals surface area (Å²) in [7, 11) is 0. The molecule has 136 valence electrons. The van der Waals surface area contributed by atoms with E-state index in [0.29, 0.717) is 25.1 Å². The number of H-pyrrole nitrogens is 1. The lowest BCUT2D eigenvalue weighted by Crippen LogP contribution is -2.37. The minimum absolute atomic E-state index is 0.162. The Morgan fingerprint density at radius 1 is 1.35 bits per heavy atom. The Labute approximate surface area is 148 Å². The zero-order valence-electron chi connectivity index (χ0n) is 14.1. The van der Waals surface area contributed by atoms with Crippen molar-refractivity contribution in [3.05, 3.63) is 58.9 Å². The van der Waals surface area contributed by atoms with Gasteiger partial charge < -0.3 is 14.5 Å². The number of alkyl halides is 1. The van der Waals surface area contributed by atoms with E-state index in [-0.39, 0.29) is 17.7 Å². The topological polar surface area (TPSA) is 82.0 Å². The molecule has 3 heterocycles. The average Bonchev–Trinajstić information content (AvgIpc) is 3.28. The van der Waals surface area contributed by atoms with Gasteiger partial charge in [-0.25, -0.2) is 14.4 Å². The molecule has 0 aliphatic carbocycles. The van der Waals surface area contributed by atoms with Crippen molar-refractivity contribution in [3.63, 3.8) is 0 Å². The zero-order valence-corrected chi connectivity index (χ0v) is 14.1. The molecule has 7 nitrogen and oxygen atoms in total. The highest BCUT2D eigenvalue weighted by Gasteiger charge is 2.42. The summed E-state index contributed by atoms with van der Waals surface area (Å²) in [5, 5.41) is 0. The third-order valence-electron chi connectivity index (χ3n) is 4.63. The minimum Gasteiger partial charge on any atom is -0.374 e. The van der Waals surface area contributed by atoms with Gasteiger partial charge in [0.05, 0.1) is 25.9 Å². The van der Waals surface area contributed by atoms with E-state index in [2.05, 4.69) is 15.0 Å². The maximum absolute atomic E-state index is 13.8. The number of nitrogens with zero attached hydrogens (tertiary/aromatic N) is 3. The smallest absolute Gasteiger partial charge is 0.278 e. The molecule has 4 rings (SSSR count). The molecule has 0 radical (unpaired) electrons. The van der Waals surface area contributed by atoms with E-state index in [1.165, 1.54) is 12.7 Å². The number of halogens is 1. The van der Waals surface area contributed by atoms with Crippen molar-refractivity contribution >= 4 is 11.2 Å². The quantitative estimate of drug-likeness (QED) is 0.731. The second kappa shape index (κ2) is 6.97. The first-order valence-electron chi connectivity index (χ1n) is 8.46. The number of aromatic nitrogens is 4. The molecule has 1 fully saturated rings. The minimum atomic E-state index is -0.989. The molecule has 1 aromatic carbocycles. The van der Waals surface area contributed by atoms with E-state index in [0.717, 1.165) is 5.56 Å². The highest BCUT2D eigenvalue weighted by atomic mass is 19.1. The van der Waals surface area contributed by atoms with Crippen LogP contribution in [0.15, 0.2) is 47.8 Å². The Balaban J connectivity index is 1.46. The van der Waals surface area contributed by atoms with Crippen LogP contribution < -0.4 is 5.56 Å². The molecule has 1 unspecified atom stereocenters. The predicted octanol–water partition coefficient (Wildman–Crippen LogP) is 2.35. The fraction of sp³-hybridized carbons (Fsp3) is 0.389. The van der Waals surface area contributed by atoms with Crippen molar-refractivity contribution in [2.75, 3.05) is 13.3 Å². The van der Waals surface area contributed by atoms with Gasteiger partial charge in [0, 0.05) is 0 Å². The van der Waals surface area contributed by atoms with Crippen LogP contribution in [0.3, 0.4) is 0 Å². The maximum Gasteiger partial charge on any atom is 0.278 e. The van der Waals surface area contributed by atoms with Crippen molar-refractivity contribution < 1.29 is 13.9 Å². The fourth-order valence-electron chi connectivity index (χ4n) is 3.23. The lowest BCUT2D eigenvalue weighted by Gasteiger charge is -2.26. The molecular weight excluding hydrogens is 339 g/mol. The molecule has 2 aromatic heterocycles. The molecule has 2 atom stereocenters. The predicted molar refractivity (Wildman–Crippen MR) is 92.3 cm³/mol.